The molecule has 0 heterocycles. The highest BCUT2D eigenvalue weighted by Gasteiger charge is 2.22. The minimum Gasteiger partial charge on any atom is -0.508 e. The van der Waals surface area contributed by atoms with Gasteiger partial charge in [0.1, 0.15) is 23.2 Å². The van der Waals surface area contributed by atoms with E-state index < -0.39 is 23.4 Å². The van der Waals surface area contributed by atoms with E-state index in [2.05, 4.69) is 0 Å². The lowest BCUT2D eigenvalue weighted by Gasteiger charge is -2.19. The number of phenols is 1. The van der Waals surface area contributed by atoms with Crippen LogP contribution in [0.5, 0.6) is 5.75 Å². The van der Waals surface area contributed by atoms with Crippen molar-refractivity contribution >= 4 is 34.8 Å². The number of aliphatic carboxylic acids is 1. The maximum absolute atomic E-state index is 15.2. The number of aromatic hydroxyl groups is 1. The van der Waals surface area contributed by atoms with Gasteiger partial charge in [-0.05, 0) is 76.7 Å². The topological polar surface area (TPSA) is 57.5 Å². The lowest BCUT2D eigenvalue weighted by atomic mass is 9.87. The van der Waals surface area contributed by atoms with Crippen LogP contribution >= 0.6 is 11.6 Å². The first kappa shape index (κ1) is 23.2. The normalized spacial score (nSPS) is 12.2. The third-order valence-corrected chi connectivity index (χ3v) is 5.11. The largest absolute Gasteiger partial charge is 0.508 e. The van der Waals surface area contributed by atoms with E-state index in [9.17, 15) is 14.3 Å². The molecular weight excluding hydrogens is 441 g/mol. The number of benzene rings is 3. The zero-order chi connectivity index (χ0) is 23.4. The Morgan fingerprint density at radius 3 is 2.16 bits per heavy atom. The molecule has 0 fully saturated rings. The summed E-state index contributed by atoms with van der Waals surface area (Å²) in [5.74, 6) is -3.66. The van der Waals surface area contributed by atoms with Gasteiger partial charge in [-0.25, -0.2) is 18.0 Å². The first-order valence-corrected chi connectivity index (χ1v) is 9.97. The van der Waals surface area contributed by atoms with Gasteiger partial charge in [-0.2, -0.15) is 0 Å². The van der Waals surface area contributed by atoms with Crippen LogP contribution in [-0.2, 0) is 4.79 Å². The molecule has 0 aliphatic carbocycles. The average Bonchev–Trinajstić information content (AvgIpc) is 2.73. The van der Waals surface area contributed by atoms with Crippen LogP contribution in [0.15, 0.2) is 60.7 Å². The third-order valence-electron chi connectivity index (χ3n) is 4.80. The highest BCUT2D eigenvalue weighted by molar-refractivity contribution is 6.32. The monoisotopic (exact) mass is 458 g/mol. The molecule has 7 heteroatoms. The van der Waals surface area contributed by atoms with Gasteiger partial charge in [0.15, 0.2) is 0 Å². The van der Waals surface area contributed by atoms with E-state index >= 15 is 8.78 Å². The minimum absolute atomic E-state index is 0.0268. The van der Waals surface area contributed by atoms with Gasteiger partial charge in [0.05, 0.1) is 10.6 Å². The summed E-state index contributed by atoms with van der Waals surface area (Å²) >= 11 is 6.26. The molecule has 3 aromatic carbocycles. The van der Waals surface area contributed by atoms with E-state index in [0.717, 1.165) is 30.4 Å². The summed E-state index contributed by atoms with van der Waals surface area (Å²) in [5.41, 5.74) is 1.16. The molecule has 0 unspecified atom stereocenters. The third kappa shape index (κ3) is 5.03. The summed E-state index contributed by atoms with van der Waals surface area (Å²) in [6.07, 6.45) is 2.17. The second-order valence-electron chi connectivity index (χ2n) is 6.91. The van der Waals surface area contributed by atoms with Crippen molar-refractivity contribution in [3.63, 3.8) is 0 Å². The molecule has 0 bridgehead atoms. The zero-order valence-corrected chi connectivity index (χ0v) is 17.6. The van der Waals surface area contributed by atoms with E-state index in [1.807, 2.05) is 0 Å². The number of carbonyl (C=O) groups is 1. The van der Waals surface area contributed by atoms with E-state index in [-0.39, 0.29) is 27.5 Å². The molecule has 0 atom stereocenters. The van der Waals surface area contributed by atoms with Gasteiger partial charge in [-0.3, -0.25) is 0 Å². The summed E-state index contributed by atoms with van der Waals surface area (Å²) in [6, 6.07) is 11.6. The number of carboxylic acid groups (broad SMARTS) is 1. The summed E-state index contributed by atoms with van der Waals surface area (Å²) in [4.78, 5) is 10.7. The molecule has 3 rings (SSSR count). The van der Waals surface area contributed by atoms with Gasteiger partial charge in [0, 0.05) is 6.08 Å². The lowest BCUT2D eigenvalue weighted by Crippen LogP contribution is -2.02. The summed E-state index contributed by atoms with van der Waals surface area (Å²) in [7, 11) is 0. The van der Waals surface area contributed by atoms with Crippen LogP contribution in [0.4, 0.5) is 13.2 Å². The van der Waals surface area contributed by atoms with E-state index in [1.54, 1.807) is 6.92 Å². The van der Waals surface area contributed by atoms with Crippen LogP contribution in [0.1, 0.15) is 35.6 Å². The SMILES string of the molecule is CC/C(=C(\c1ccc(O)cc1)c1c(F)cc(/C=C/C(=O)O)cc1F)c1ccc(F)cc1Cl. The lowest BCUT2D eigenvalue weighted by molar-refractivity contribution is -0.131. The minimum atomic E-state index is -1.25. The smallest absolute Gasteiger partial charge is 0.328 e. The second-order valence-corrected chi connectivity index (χ2v) is 7.32. The Kier molecular flexibility index (Phi) is 7.05. The van der Waals surface area contributed by atoms with Gasteiger partial charge < -0.3 is 10.2 Å². The first-order chi connectivity index (χ1) is 15.2. The van der Waals surface area contributed by atoms with E-state index in [0.29, 0.717) is 23.1 Å². The Morgan fingerprint density at radius 2 is 1.62 bits per heavy atom. The number of halogens is 4. The predicted octanol–water partition coefficient (Wildman–Crippen LogP) is 6.93. The Morgan fingerprint density at radius 1 is 1.00 bits per heavy atom. The van der Waals surface area contributed by atoms with Gasteiger partial charge >= 0.3 is 5.97 Å². The average molecular weight is 459 g/mol. The van der Waals surface area contributed by atoms with Crippen molar-refractivity contribution in [3.05, 3.63) is 105 Å². The first-order valence-electron chi connectivity index (χ1n) is 9.59. The number of rotatable bonds is 6. The maximum Gasteiger partial charge on any atom is 0.328 e. The standard InChI is InChI=1S/C25H18ClF3O3/c1-2-18(19-9-6-16(27)13-20(19)26)24(15-4-7-17(30)8-5-15)25-21(28)11-14(12-22(25)29)3-10-23(31)32/h3-13,30H,2H2,1H3,(H,31,32)/b10-3+,24-18-. The molecule has 0 amide bonds. The molecule has 0 spiro atoms. The second kappa shape index (κ2) is 9.75. The van der Waals surface area contributed by atoms with Crippen LogP contribution in [0.2, 0.25) is 5.02 Å². The van der Waals surface area contributed by atoms with Crippen molar-refractivity contribution in [2.24, 2.45) is 0 Å². The van der Waals surface area contributed by atoms with Crippen molar-refractivity contribution in [2.45, 2.75) is 13.3 Å². The molecule has 0 aliphatic heterocycles. The maximum atomic E-state index is 15.2. The fourth-order valence-corrected chi connectivity index (χ4v) is 3.71. The van der Waals surface area contributed by atoms with Crippen molar-refractivity contribution in [2.75, 3.05) is 0 Å². The van der Waals surface area contributed by atoms with Crippen molar-refractivity contribution < 1.29 is 28.2 Å². The van der Waals surface area contributed by atoms with Crippen molar-refractivity contribution in [3.8, 4) is 5.75 Å². The Balaban J connectivity index is 2.35. The number of hydrogen-bond donors (Lipinski definition) is 2. The molecule has 0 aromatic heterocycles. The van der Waals surface area contributed by atoms with E-state index in [4.69, 9.17) is 16.7 Å². The molecule has 2 N–H and O–H groups in total. The number of phenolic OH excluding ortho intramolecular Hbond substituents is 1. The van der Waals surface area contributed by atoms with Gasteiger partial charge in [-0.1, -0.05) is 36.7 Å². The van der Waals surface area contributed by atoms with Crippen molar-refractivity contribution in [1.29, 1.82) is 0 Å². The molecule has 32 heavy (non-hydrogen) atoms. The predicted molar refractivity (Wildman–Crippen MR) is 119 cm³/mol. The van der Waals surface area contributed by atoms with E-state index in [1.165, 1.54) is 36.4 Å². The van der Waals surface area contributed by atoms with Gasteiger partial charge in [0.2, 0.25) is 0 Å². The highest BCUT2D eigenvalue weighted by atomic mass is 35.5. The Hall–Kier alpha value is -3.51. The number of allylic oxidation sites excluding steroid dienone is 1. The summed E-state index contributed by atoms with van der Waals surface area (Å²) in [6.45, 7) is 1.77. The van der Waals surface area contributed by atoms with Gasteiger partial charge in [0.25, 0.3) is 0 Å². The molecule has 0 radical (unpaired) electrons. The number of hydrogen-bond acceptors (Lipinski definition) is 2. The quantitative estimate of drug-likeness (QED) is 0.311. The molecule has 0 saturated heterocycles. The van der Waals surface area contributed by atoms with Gasteiger partial charge in [-0.15, -0.1) is 0 Å². The molecule has 0 aliphatic rings. The van der Waals surface area contributed by atoms with Crippen LogP contribution in [0.3, 0.4) is 0 Å². The fraction of sp³-hybridized carbons (Fsp3) is 0.0800. The molecule has 3 nitrogen and oxygen atoms in total. The fourth-order valence-electron chi connectivity index (χ4n) is 3.43. The highest BCUT2D eigenvalue weighted by Crippen LogP contribution is 2.39. The summed E-state index contributed by atoms with van der Waals surface area (Å²) < 4.78 is 44.1. The van der Waals surface area contributed by atoms with Crippen LogP contribution in [0, 0.1) is 17.5 Å². The zero-order valence-electron chi connectivity index (χ0n) is 16.9. The molecule has 164 valence electrons. The van der Waals surface area contributed by atoms with Crippen LogP contribution < -0.4 is 0 Å². The number of carboxylic acids is 1. The molecule has 0 saturated carbocycles. The van der Waals surface area contributed by atoms with Crippen molar-refractivity contribution in [1.82, 2.24) is 0 Å². The Labute approximate surface area is 187 Å². The van der Waals surface area contributed by atoms with Crippen LogP contribution in [-0.4, -0.2) is 16.2 Å². The molecule has 3 aromatic rings. The van der Waals surface area contributed by atoms with Crippen LogP contribution in [0.25, 0.3) is 17.2 Å². The molecular formula is C25H18ClF3O3. The summed E-state index contributed by atoms with van der Waals surface area (Å²) in [5, 5.41) is 18.5. The Bertz CT molecular complexity index is 1210.